The first kappa shape index (κ1) is 16.3. The van der Waals surface area contributed by atoms with Crippen molar-refractivity contribution in [1.29, 1.82) is 0 Å². The molecular weight excluding hydrogens is 262 g/mol. The Bertz CT molecular complexity index is 396. The molecule has 2 rings (SSSR count). The Morgan fingerprint density at radius 3 is 2.62 bits per heavy atom. The summed E-state index contributed by atoms with van der Waals surface area (Å²) in [5.74, 6) is 1.70. The van der Waals surface area contributed by atoms with Crippen LogP contribution in [0.4, 0.5) is 0 Å². The van der Waals surface area contributed by atoms with Gasteiger partial charge in [0.15, 0.2) is 0 Å². The van der Waals surface area contributed by atoms with Gasteiger partial charge in [-0.2, -0.15) is 0 Å². The molecular formula is C18H29NO2. The number of ether oxygens (including phenoxy) is 2. The molecule has 0 aliphatic heterocycles. The van der Waals surface area contributed by atoms with E-state index in [2.05, 4.69) is 18.2 Å². The molecule has 0 unspecified atom stereocenters. The Hall–Kier alpha value is -1.06. The molecule has 2 N–H and O–H groups in total. The van der Waals surface area contributed by atoms with E-state index in [0.29, 0.717) is 6.54 Å². The Kier molecular flexibility index (Phi) is 7.04. The predicted octanol–water partition coefficient (Wildman–Crippen LogP) is 3.55. The van der Waals surface area contributed by atoms with Crippen LogP contribution in [0.1, 0.15) is 44.1 Å². The Labute approximate surface area is 128 Å². The molecule has 3 nitrogen and oxygen atoms in total. The summed E-state index contributed by atoms with van der Waals surface area (Å²) in [5, 5.41) is 0. The van der Waals surface area contributed by atoms with Gasteiger partial charge in [-0.3, -0.25) is 0 Å². The van der Waals surface area contributed by atoms with Crippen molar-refractivity contribution in [1.82, 2.24) is 0 Å². The van der Waals surface area contributed by atoms with Gasteiger partial charge in [-0.15, -0.1) is 0 Å². The van der Waals surface area contributed by atoms with Gasteiger partial charge in [-0.1, -0.05) is 37.8 Å². The molecule has 0 spiro atoms. The maximum Gasteiger partial charge on any atom is 0.119 e. The lowest BCUT2D eigenvalue weighted by atomic mass is 10.0. The molecule has 1 aliphatic rings. The topological polar surface area (TPSA) is 44.5 Å². The van der Waals surface area contributed by atoms with Gasteiger partial charge < -0.3 is 15.2 Å². The molecule has 118 valence electrons. The zero-order chi connectivity index (χ0) is 14.9. The molecule has 0 radical (unpaired) electrons. The van der Waals surface area contributed by atoms with Crippen LogP contribution < -0.4 is 10.5 Å². The average Bonchev–Trinajstić information content (AvgIpc) is 2.80. The summed E-state index contributed by atoms with van der Waals surface area (Å²) < 4.78 is 11.4. The van der Waals surface area contributed by atoms with E-state index in [-0.39, 0.29) is 6.10 Å². The highest BCUT2D eigenvalue weighted by molar-refractivity contribution is 5.29. The Morgan fingerprint density at radius 2 is 1.95 bits per heavy atom. The summed E-state index contributed by atoms with van der Waals surface area (Å²) >= 11 is 0. The summed E-state index contributed by atoms with van der Waals surface area (Å²) in [4.78, 5) is 0. The fourth-order valence-electron chi connectivity index (χ4n) is 3.03. The third kappa shape index (κ3) is 5.68. The second-order valence-electron chi connectivity index (χ2n) is 6.11. The van der Waals surface area contributed by atoms with E-state index in [0.717, 1.165) is 24.7 Å². The zero-order valence-corrected chi connectivity index (χ0v) is 13.2. The number of hydrogen-bond acceptors (Lipinski definition) is 3. The monoisotopic (exact) mass is 291 g/mol. The molecule has 3 heteroatoms. The van der Waals surface area contributed by atoms with E-state index < -0.39 is 0 Å². The van der Waals surface area contributed by atoms with E-state index in [1.54, 1.807) is 7.11 Å². The van der Waals surface area contributed by atoms with E-state index >= 15 is 0 Å². The van der Waals surface area contributed by atoms with Crippen molar-refractivity contribution >= 4 is 0 Å². The van der Waals surface area contributed by atoms with Gasteiger partial charge in [0.25, 0.3) is 0 Å². The Morgan fingerprint density at radius 1 is 1.19 bits per heavy atom. The quantitative estimate of drug-likeness (QED) is 0.781. The van der Waals surface area contributed by atoms with Gasteiger partial charge in [0.1, 0.15) is 5.75 Å². The van der Waals surface area contributed by atoms with Crippen molar-refractivity contribution < 1.29 is 9.47 Å². The highest BCUT2D eigenvalue weighted by atomic mass is 16.5. The van der Waals surface area contributed by atoms with Crippen LogP contribution in [0.2, 0.25) is 0 Å². The van der Waals surface area contributed by atoms with Gasteiger partial charge >= 0.3 is 0 Å². The summed E-state index contributed by atoms with van der Waals surface area (Å²) in [7, 11) is 1.71. The molecule has 1 saturated carbocycles. The first-order valence-corrected chi connectivity index (χ1v) is 8.26. The van der Waals surface area contributed by atoms with Gasteiger partial charge in [0.05, 0.1) is 12.7 Å². The normalized spacial score (nSPS) is 18.2. The van der Waals surface area contributed by atoms with Crippen LogP contribution in [0.15, 0.2) is 24.3 Å². The predicted molar refractivity (Wildman–Crippen MR) is 86.7 cm³/mol. The van der Waals surface area contributed by atoms with Gasteiger partial charge in [-0.25, -0.2) is 0 Å². The van der Waals surface area contributed by atoms with Crippen LogP contribution in [0.3, 0.4) is 0 Å². The van der Waals surface area contributed by atoms with Crippen LogP contribution in [0, 0.1) is 5.92 Å². The molecule has 0 amide bonds. The number of methoxy groups -OCH3 is 1. The summed E-state index contributed by atoms with van der Waals surface area (Å²) in [5.41, 5.74) is 6.91. The second-order valence-corrected chi connectivity index (χ2v) is 6.11. The van der Waals surface area contributed by atoms with Crippen LogP contribution >= 0.6 is 0 Å². The van der Waals surface area contributed by atoms with Crippen molar-refractivity contribution in [3.8, 4) is 5.75 Å². The van der Waals surface area contributed by atoms with Crippen LogP contribution in [-0.2, 0) is 11.2 Å². The zero-order valence-electron chi connectivity index (χ0n) is 13.2. The highest BCUT2D eigenvalue weighted by Crippen LogP contribution is 2.24. The number of rotatable bonds is 7. The summed E-state index contributed by atoms with van der Waals surface area (Å²) in [6, 6.07) is 8.34. The Balaban J connectivity index is 1.85. The molecule has 1 aliphatic carbocycles. The lowest BCUT2D eigenvalue weighted by molar-refractivity contribution is 0.110. The van der Waals surface area contributed by atoms with Crippen molar-refractivity contribution in [2.45, 2.75) is 51.0 Å². The first-order valence-electron chi connectivity index (χ1n) is 8.26. The standard InChI is InChI=1S/C18H29NO2/c1-20-18(13-19)12-16-9-6-10-17(11-16)21-14-15-7-4-2-3-5-8-15/h6,9-11,15,18H,2-5,7-8,12-14,19H2,1H3/t18-/m1/s1. The average molecular weight is 291 g/mol. The molecule has 1 aromatic carbocycles. The molecule has 0 saturated heterocycles. The molecule has 21 heavy (non-hydrogen) atoms. The number of hydrogen-bond donors (Lipinski definition) is 1. The van der Waals surface area contributed by atoms with Crippen LogP contribution in [0.25, 0.3) is 0 Å². The molecule has 1 aromatic rings. The van der Waals surface area contributed by atoms with E-state index in [1.165, 1.54) is 44.1 Å². The van der Waals surface area contributed by atoms with E-state index in [9.17, 15) is 0 Å². The van der Waals surface area contributed by atoms with E-state index in [1.807, 2.05) is 6.07 Å². The minimum Gasteiger partial charge on any atom is -0.493 e. The SMILES string of the molecule is CO[C@@H](CN)Cc1cccc(OCC2CCCCCC2)c1. The molecule has 0 bridgehead atoms. The van der Waals surface area contributed by atoms with Crippen molar-refractivity contribution in [3.63, 3.8) is 0 Å². The van der Waals surface area contributed by atoms with E-state index in [4.69, 9.17) is 15.2 Å². The lowest BCUT2D eigenvalue weighted by Gasteiger charge is -2.16. The maximum atomic E-state index is 6.02. The van der Waals surface area contributed by atoms with Gasteiger partial charge in [0.2, 0.25) is 0 Å². The molecule has 1 atom stereocenters. The van der Waals surface area contributed by atoms with Crippen molar-refractivity contribution in [2.75, 3.05) is 20.3 Å². The second kappa shape index (κ2) is 9.06. The number of nitrogens with two attached hydrogens (primary N) is 1. The first-order chi connectivity index (χ1) is 10.3. The lowest BCUT2D eigenvalue weighted by Crippen LogP contribution is -2.24. The minimum absolute atomic E-state index is 0.0853. The van der Waals surface area contributed by atoms with Crippen molar-refractivity contribution in [3.05, 3.63) is 29.8 Å². The van der Waals surface area contributed by atoms with Gasteiger partial charge in [0, 0.05) is 13.7 Å². The minimum atomic E-state index is 0.0853. The summed E-state index contributed by atoms with van der Waals surface area (Å²) in [6.45, 7) is 1.40. The largest absolute Gasteiger partial charge is 0.493 e. The molecule has 0 heterocycles. The third-order valence-corrected chi connectivity index (χ3v) is 4.42. The summed E-state index contributed by atoms with van der Waals surface area (Å²) in [6.07, 6.45) is 9.07. The maximum absolute atomic E-state index is 6.02. The third-order valence-electron chi connectivity index (χ3n) is 4.42. The van der Waals surface area contributed by atoms with Crippen LogP contribution in [0.5, 0.6) is 5.75 Å². The smallest absolute Gasteiger partial charge is 0.119 e. The molecule has 0 aromatic heterocycles. The fraction of sp³-hybridized carbons (Fsp3) is 0.667. The van der Waals surface area contributed by atoms with Gasteiger partial charge in [-0.05, 0) is 42.9 Å². The highest BCUT2D eigenvalue weighted by Gasteiger charge is 2.13. The fourth-order valence-corrected chi connectivity index (χ4v) is 3.03. The molecule has 1 fully saturated rings. The van der Waals surface area contributed by atoms with Crippen molar-refractivity contribution in [2.24, 2.45) is 11.7 Å². The number of benzene rings is 1. The van der Waals surface area contributed by atoms with Crippen LogP contribution in [-0.4, -0.2) is 26.4 Å².